The summed E-state index contributed by atoms with van der Waals surface area (Å²) in [7, 11) is 0. The normalized spacial score (nSPS) is 22.0. The summed E-state index contributed by atoms with van der Waals surface area (Å²) in [4.78, 5) is 0. The number of benzene rings is 1. The molecule has 0 amide bonds. The van der Waals surface area contributed by atoms with E-state index in [9.17, 15) is 5.11 Å². The smallest absolute Gasteiger partial charge is 0.0583 e. The Morgan fingerprint density at radius 2 is 2.25 bits per heavy atom. The molecule has 1 unspecified atom stereocenters. The number of halogens is 1. The highest BCUT2D eigenvalue weighted by molar-refractivity contribution is 6.31. The van der Waals surface area contributed by atoms with Crippen LogP contribution in [0.4, 0.5) is 0 Å². The Morgan fingerprint density at radius 3 is 3.08 bits per heavy atom. The monoisotopic (exact) mass is 182 g/mol. The van der Waals surface area contributed by atoms with Crippen molar-refractivity contribution in [2.75, 3.05) is 0 Å². The molecule has 0 spiro atoms. The van der Waals surface area contributed by atoms with Crippen LogP contribution >= 0.6 is 11.6 Å². The van der Waals surface area contributed by atoms with Crippen LogP contribution in [0.3, 0.4) is 0 Å². The molecule has 12 heavy (non-hydrogen) atoms. The molecule has 1 aliphatic carbocycles. The van der Waals surface area contributed by atoms with E-state index in [2.05, 4.69) is 0 Å². The van der Waals surface area contributed by atoms with Gasteiger partial charge in [0.15, 0.2) is 0 Å². The fourth-order valence-electron chi connectivity index (χ4n) is 1.74. The standard InChI is InChI=1S/C10H11ClO/c11-10-3-1-2-7-6-8(12)4-5-9(7)10/h1-3,8,12H,4-6H2. The predicted molar refractivity (Wildman–Crippen MR) is 49.5 cm³/mol. The molecule has 2 rings (SSSR count). The minimum atomic E-state index is -0.170. The van der Waals surface area contributed by atoms with Crippen LogP contribution in [0.2, 0.25) is 5.02 Å². The summed E-state index contributed by atoms with van der Waals surface area (Å²) in [6.45, 7) is 0. The maximum atomic E-state index is 9.40. The fraction of sp³-hybridized carbons (Fsp3) is 0.400. The van der Waals surface area contributed by atoms with Crippen molar-refractivity contribution < 1.29 is 5.11 Å². The van der Waals surface area contributed by atoms with Crippen LogP contribution in [0.15, 0.2) is 18.2 Å². The summed E-state index contributed by atoms with van der Waals surface area (Å²) in [6.07, 6.45) is 2.35. The zero-order valence-electron chi connectivity index (χ0n) is 6.76. The highest BCUT2D eigenvalue weighted by Gasteiger charge is 2.17. The van der Waals surface area contributed by atoms with E-state index in [4.69, 9.17) is 11.6 Å². The summed E-state index contributed by atoms with van der Waals surface area (Å²) < 4.78 is 0. The van der Waals surface area contributed by atoms with E-state index in [-0.39, 0.29) is 6.10 Å². The van der Waals surface area contributed by atoms with Gasteiger partial charge >= 0.3 is 0 Å². The third kappa shape index (κ3) is 1.35. The Labute approximate surface area is 77.0 Å². The van der Waals surface area contributed by atoms with Gasteiger partial charge in [0.25, 0.3) is 0 Å². The third-order valence-corrected chi connectivity index (χ3v) is 2.75. The molecule has 0 radical (unpaired) electrons. The Morgan fingerprint density at radius 1 is 1.42 bits per heavy atom. The van der Waals surface area contributed by atoms with Gasteiger partial charge in [0, 0.05) is 5.02 Å². The molecule has 1 aromatic rings. The molecule has 0 saturated carbocycles. The second-order valence-corrected chi connectivity index (χ2v) is 3.68. The molecule has 0 saturated heterocycles. The number of aliphatic hydroxyl groups is 1. The van der Waals surface area contributed by atoms with Crippen LogP contribution in [0.5, 0.6) is 0 Å². The highest BCUT2D eigenvalue weighted by atomic mass is 35.5. The number of aliphatic hydroxyl groups excluding tert-OH is 1. The molecular formula is C10H11ClO. The first-order chi connectivity index (χ1) is 5.77. The van der Waals surface area contributed by atoms with E-state index in [1.54, 1.807) is 0 Å². The topological polar surface area (TPSA) is 20.2 Å². The van der Waals surface area contributed by atoms with E-state index in [0.717, 1.165) is 24.3 Å². The molecule has 1 N–H and O–H groups in total. The van der Waals surface area contributed by atoms with E-state index in [0.29, 0.717) is 0 Å². The quantitative estimate of drug-likeness (QED) is 0.652. The molecule has 2 heteroatoms. The SMILES string of the molecule is OC1CCc2c(Cl)cccc2C1. The average Bonchev–Trinajstić information content (AvgIpc) is 2.04. The molecule has 0 aromatic heterocycles. The van der Waals surface area contributed by atoms with Gasteiger partial charge in [0.1, 0.15) is 0 Å². The maximum absolute atomic E-state index is 9.40. The molecule has 1 aromatic carbocycles. The Bertz CT molecular complexity index is 296. The zero-order valence-corrected chi connectivity index (χ0v) is 7.51. The molecule has 0 heterocycles. The second-order valence-electron chi connectivity index (χ2n) is 3.27. The first-order valence-electron chi connectivity index (χ1n) is 4.21. The van der Waals surface area contributed by atoms with E-state index in [1.807, 2.05) is 18.2 Å². The molecule has 0 fully saturated rings. The summed E-state index contributed by atoms with van der Waals surface area (Å²) >= 11 is 6.01. The summed E-state index contributed by atoms with van der Waals surface area (Å²) in [5.41, 5.74) is 2.44. The van der Waals surface area contributed by atoms with Crippen LogP contribution in [-0.2, 0) is 12.8 Å². The molecule has 0 bridgehead atoms. The Balaban J connectivity index is 2.42. The van der Waals surface area contributed by atoms with Crippen LogP contribution < -0.4 is 0 Å². The lowest BCUT2D eigenvalue weighted by atomic mass is 9.90. The van der Waals surface area contributed by atoms with Gasteiger partial charge in [-0.25, -0.2) is 0 Å². The van der Waals surface area contributed by atoms with Crippen molar-refractivity contribution in [3.05, 3.63) is 34.3 Å². The maximum Gasteiger partial charge on any atom is 0.0583 e. The van der Waals surface area contributed by atoms with E-state index in [1.165, 1.54) is 11.1 Å². The fourth-order valence-corrected chi connectivity index (χ4v) is 2.03. The lowest BCUT2D eigenvalue weighted by Crippen LogP contribution is -2.18. The van der Waals surface area contributed by atoms with Crippen molar-refractivity contribution in [1.29, 1.82) is 0 Å². The van der Waals surface area contributed by atoms with Crippen molar-refractivity contribution in [2.24, 2.45) is 0 Å². The summed E-state index contributed by atoms with van der Waals surface area (Å²) in [5.74, 6) is 0. The largest absolute Gasteiger partial charge is 0.393 e. The van der Waals surface area contributed by atoms with Crippen LogP contribution in [0.25, 0.3) is 0 Å². The van der Waals surface area contributed by atoms with Crippen molar-refractivity contribution >= 4 is 11.6 Å². The Hall–Kier alpha value is -0.530. The van der Waals surface area contributed by atoms with Gasteiger partial charge in [-0.05, 0) is 36.5 Å². The first-order valence-corrected chi connectivity index (χ1v) is 4.59. The lowest BCUT2D eigenvalue weighted by molar-refractivity contribution is 0.158. The molecule has 1 aliphatic rings. The Kier molecular flexibility index (Phi) is 2.07. The van der Waals surface area contributed by atoms with Crippen LogP contribution in [0.1, 0.15) is 17.5 Å². The molecule has 1 atom stereocenters. The minimum Gasteiger partial charge on any atom is -0.393 e. The predicted octanol–water partition coefficient (Wildman–Crippen LogP) is 2.19. The van der Waals surface area contributed by atoms with Gasteiger partial charge in [-0.3, -0.25) is 0 Å². The first kappa shape index (κ1) is 8.09. The van der Waals surface area contributed by atoms with E-state index >= 15 is 0 Å². The van der Waals surface area contributed by atoms with Gasteiger partial charge in [-0.15, -0.1) is 0 Å². The van der Waals surface area contributed by atoms with Crippen molar-refractivity contribution in [3.63, 3.8) is 0 Å². The number of rotatable bonds is 0. The van der Waals surface area contributed by atoms with Gasteiger partial charge in [-0.2, -0.15) is 0 Å². The highest BCUT2D eigenvalue weighted by Crippen LogP contribution is 2.27. The minimum absolute atomic E-state index is 0.170. The van der Waals surface area contributed by atoms with Crippen molar-refractivity contribution in [1.82, 2.24) is 0 Å². The van der Waals surface area contributed by atoms with E-state index < -0.39 is 0 Å². The second kappa shape index (κ2) is 3.08. The molecule has 1 nitrogen and oxygen atoms in total. The van der Waals surface area contributed by atoms with Gasteiger partial charge in [0.05, 0.1) is 6.10 Å². The number of hydrogen-bond donors (Lipinski definition) is 1. The molecular weight excluding hydrogens is 172 g/mol. The van der Waals surface area contributed by atoms with Crippen LogP contribution in [0, 0.1) is 0 Å². The van der Waals surface area contributed by atoms with Gasteiger partial charge < -0.3 is 5.11 Å². The van der Waals surface area contributed by atoms with Crippen LogP contribution in [-0.4, -0.2) is 11.2 Å². The molecule has 64 valence electrons. The summed E-state index contributed by atoms with van der Waals surface area (Å²) in [5, 5.41) is 10.3. The van der Waals surface area contributed by atoms with Crippen molar-refractivity contribution in [2.45, 2.75) is 25.4 Å². The van der Waals surface area contributed by atoms with Gasteiger partial charge in [0.2, 0.25) is 0 Å². The zero-order chi connectivity index (χ0) is 8.55. The third-order valence-electron chi connectivity index (χ3n) is 2.40. The number of hydrogen-bond acceptors (Lipinski definition) is 1. The van der Waals surface area contributed by atoms with Gasteiger partial charge in [-0.1, -0.05) is 23.7 Å². The average molecular weight is 183 g/mol. The summed E-state index contributed by atoms with van der Waals surface area (Å²) in [6, 6.07) is 5.90. The lowest BCUT2D eigenvalue weighted by Gasteiger charge is -2.21. The number of fused-ring (bicyclic) bond motifs is 1. The molecule has 0 aliphatic heterocycles. The van der Waals surface area contributed by atoms with Crippen molar-refractivity contribution in [3.8, 4) is 0 Å².